The van der Waals surface area contributed by atoms with Gasteiger partial charge in [0.25, 0.3) is 0 Å². The second kappa shape index (κ2) is 8.95. The van der Waals surface area contributed by atoms with Crippen molar-refractivity contribution in [3.05, 3.63) is 90.5 Å². The van der Waals surface area contributed by atoms with Gasteiger partial charge in [-0.15, -0.1) is 8.46 Å². The number of alkyl halides is 1. The summed E-state index contributed by atoms with van der Waals surface area (Å²) in [5, 5.41) is 1.02. The van der Waals surface area contributed by atoms with Crippen LogP contribution in [0.5, 0.6) is 0 Å². The minimum atomic E-state index is -1.45. The fourth-order valence-corrected chi connectivity index (χ4v) is 8.50. The Labute approximate surface area is 180 Å². The number of nitrogens with zero attached hydrogens (tertiary/aromatic N) is 1. The van der Waals surface area contributed by atoms with Gasteiger partial charge in [0.1, 0.15) is 6.54 Å². The molecule has 0 aliphatic rings. The molecular formula is C23H26Br2NS+. The molecule has 3 aromatic rings. The lowest BCUT2D eigenvalue weighted by atomic mass is 10.2. The topological polar surface area (TPSA) is 0 Å². The van der Waals surface area contributed by atoms with Crippen LogP contribution in [0.25, 0.3) is 0 Å². The van der Waals surface area contributed by atoms with E-state index in [1.54, 1.807) is 0 Å². The van der Waals surface area contributed by atoms with Crippen molar-refractivity contribution in [2.24, 2.45) is 0 Å². The molecule has 0 aliphatic heterocycles. The van der Waals surface area contributed by atoms with E-state index in [2.05, 4.69) is 130 Å². The van der Waals surface area contributed by atoms with Gasteiger partial charge in [-0.25, -0.2) is 0 Å². The Balaban J connectivity index is 1.99. The molecule has 0 radical (unpaired) electrons. The minimum absolute atomic E-state index is 0.980. The monoisotopic (exact) mass is 506 g/mol. The Kier molecular flexibility index (Phi) is 6.85. The fourth-order valence-electron chi connectivity index (χ4n) is 3.21. The SMILES string of the molecule is C[N+](C)(CCBr)Cc1ccc(S(Br)(c2ccccc2)c2ccccc2)cc1. The first-order valence-corrected chi connectivity index (χ1v) is 13.7. The Morgan fingerprint density at radius 1 is 0.704 bits per heavy atom. The van der Waals surface area contributed by atoms with Crippen LogP contribution in [0.4, 0.5) is 0 Å². The minimum Gasteiger partial charge on any atom is -0.324 e. The molecule has 0 saturated heterocycles. The summed E-state index contributed by atoms with van der Waals surface area (Å²) in [6.07, 6.45) is 0. The zero-order valence-corrected chi connectivity index (χ0v) is 19.8. The molecule has 1 nitrogen and oxygen atoms in total. The van der Waals surface area contributed by atoms with Gasteiger partial charge in [-0.3, -0.25) is 0 Å². The second-order valence-corrected chi connectivity index (χ2v) is 13.5. The van der Waals surface area contributed by atoms with Crippen molar-refractivity contribution in [2.75, 3.05) is 26.0 Å². The first-order chi connectivity index (χ1) is 13.0. The highest BCUT2D eigenvalue weighted by Crippen LogP contribution is 2.73. The van der Waals surface area contributed by atoms with Gasteiger partial charge in [0, 0.05) is 20.2 Å². The Morgan fingerprint density at radius 3 is 1.59 bits per heavy atom. The molecule has 0 atom stereocenters. The predicted molar refractivity (Wildman–Crippen MR) is 125 cm³/mol. The summed E-state index contributed by atoms with van der Waals surface area (Å²) in [6, 6.07) is 30.7. The molecule has 0 bridgehead atoms. The van der Waals surface area contributed by atoms with Crippen LogP contribution in [0.3, 0.4) is 0 Å². The Bertz CT molecular complexity index is 809. The molecule has 142 valence electrons. The number of hydrogen-bond donors (Lipinski definition) is 0. The van der Waals surface area contributed by atoms with Crippen LogP contribution in [-0.4, -0.2) is 30.5 Å². The number of quaternary nitrogens is 1. The van der Waals surface area contributed by atoms with Crippen molar-refractivity contribution in [2.45, 2.75) is 21.2 Å². The molecule has 0 aromatic heterocycles. The van der Waals surface area contributed by atoms with E-state index in [4.69, 9.17) is 0 Å². The summed E-state index contributed by atoms with van der Waals surface area (Å²) in [5.74, 6) is 0. The van der Waals surface area contributed by atoms with Gasteiger partial charge in [-0.2, -0.15) is 0 Å². The number of hydrogen-bond acceptors (Lipinski definition) is 0. The van der Waals surface area contributed by atoms with E-state index < -0.39 is 8.46 Å². The molecular weight excluding hydrogens is 482 g/mol. The maximum absolute atomic E-state index is 4.19. The first-order valence-electron chi connectivity index (χ1n) is 9.06. The van der Waals surface area contributed by atoms with Gasteiger partial charge in [0.2, 0.25) is 0 Å². The van der Waals surface area contributed by atoms with Gasteiger partial charge >= 0.3 is 0 Å². The van der Waals surface area contributed by atoms with Crippen molar-refractivity contribution in [3.63, 3.8) is 0 Å². The highest BCUT2D eigenvalue weighted by molar-refractivity contribution is 9.58. The number of rotatable bonds is 7. The zero-order valence-electron chi connectivity index (χ0n) is 15.8. The molecule has 0 aliphatic carbocycles. The summed E-state index contributed by atoms with van der Waals surface area (Å²) in [4.78, 5) is 3.97. The average molecular weight is 508 g/mol. The normalized spacial score (nSPS) is 12.7. The van der Waals surface area contributed by atoms with E-state index in [1.807, 2.05) is 0 Å². The van der Waals surface area contributed by atoms with Crippen LogP contribution in [-0.2, 0) is 6.54 Å². The summed E-state index contributed by atoms with van der Waals surface area (Å²) < 4.78 is 0.980. The molecule has 0 heterocycles. The van der Waals surface area contributed by atoms with Crippen LogP contribution in [0.2, 0.25) is 0 Å². The number of halogens is 2. The van der Waals surface area contributed by atoms with Gasteiger partial charge in [0.15, 0.2) is 0 Å². The fraction of sp³-hybridized carbons (Fsp3) is 0.217. The molecule has 4 heteroatoms. The van der Waals surface area contributed by atoms with Gasteiger partial charge in [-0.1, -0.05) is 64.5 Å². The zero-order chi connectivity index (χ0) is 19.3. The maximum Gasteiger partial charge on any atom is 0.104 e. The maximum atomic E-state index is 4.19. The van der Waals surface area contributed by atoms with E-state index in [-0.39, 0.29) is 0 Å². The Hall–Kier alpha value is -1.07. The summed E-state index contributed by atoms with van der Waals surface area (Å²) in [6.45, 7) is 2.15. The largest absolute Gasteiger partial charge is 0.324 e. The van der Waals surface area contributed by atoms with E-state index in [0.29, 0.717) is 0 Å². The van der Waals surface area contributed by atoms with Crippen molar-refractivity contribution in [1.82, 2.24) is 0 Å². The summed E-state index contributed by atoms with van der Waals surface area (Å²) >= 11 is 7.76. The van der Waals surface area contributed by atoms with Gasteiger partial charge < -0.3 is 4.48 Å². The van der Waals surface area contributed by atoms with Gasteiger partial charge in [0.05, 0.1) is 26.0 Å². The third-order valence-corrected chi connectivity index (χ3v) is 11.2. The highest BCUT2D eigenvalue weighted by Gasteiger charge is 2.28. The van der Waals surface area contributed by atoms with E-state index >= 15 is 0 Å². The van der Waals surface area contributed by atoms with Gasteiger partial charge in [-0.05, 0) is 51.2 Å². The summed E-state index contributed by atoms with van der Waals surface area (Å²) in [7, 11) is 3.12. The molecule has 0 spiro atoms. The standard InChI is InChI=1S/C23H26Br2NS/c1-26(2,18-17-24)19-20-13-15-23(16-14-20)27(25,21-9-5-3-6-10-21)22-11-7-4-8-12-22/h3-16H,17-19H2,1-2H3/q+1. The molecule has 3 rings (SSSR count). The second-order valence-electron chi connectivity index (χ2n) is 7.31. The molecule has 0 amide bonds. The highest BCUT2D eigenvalue weighted by atomic mass is 79.9. The van der Waals surface area contributed by atoms with Crippen LogP contribution in [0, 0.1) is 0 Å². The van der Waals surface area contributed by atoms with Crippen LogP contribution >= 0.6 is 39.2 Å². The van der Waals surface area contributed by atoms with Crippen molar-refractivity contribution < 1.29 is 4.48 Å². The molecule has 0 fully saturated rings. The molecule has 0 unspecified atom stereocenters. The Morgan fingerprint density at radius 2 is 1.15 bits per heavy atom. The van der Waals surface area contributed by atoms with Crippen LogP contribution < -0.4 is 0 Å². The average Bonchev–Trinajstić information content (AvgIpc) is 2.69. The van der Waals surface area contributed by atoms with Crippen molar-refractivity contribution >= 4 is 39.2 Å². The van der Waals surface area contributed by atoms with Crippen LogP contribution in [0.1, 0.15) is 5.56 Å². The van der Waals surface area contributed by atoms with Crippen molar-refractivity contribution in [3.8, 4) is 0 Å². The third kappa shape index (κ3) is 4.86. The smallest absolute Gasteiger partial charge is 0.104 e. The number of benzene rings is 3. The lowest BCUT2D eigenvalue weighted by Crippen LogP contribution is -2.40. The van der Waals surface area contributed by atoms with Crippen molar-refractivity contribution in [1.29, 1.82) is 0 Å². The molecule has 0 saturated carbocycles. The predicted octanol–water partition coefficient (Wildman–Crippen LogP) is 7.25. The lowest BCUT2D eigenvalue weighted by molar-refractivity contribution is -0.901. The van der Waals surface area contributed by atoms with E-state index in [9.17, 15) is 0 Å². The summed E-state index contributed by atoms with van der Waals surface area (Å²) in [5.41, 5.74) is 1.38. The van der Waals surface area contributed by atoms with E-state index in [1.165, 1.54) is 20.2 Å². The molecule has 27 heavy (non-hydrogen) atoms. The van der Waals surface area contributed by atoms with Crippen LogP contribution in [0.15, 0.2) is 99.6 Å². The van der Waals surface area contributed by atoms with E-state index in [0.717, 1.165) is 22.9 Å². The third-order valence-electron chi connectivity index (χ3n) is 4.68. The first kappa shape index (κ1) is 20.7. The molecule has 0 N–H and O–H groups in total. The quantitative estimate of drug-likeness (QED) is 0.233. The lowest BCUT2D eigenvalue weighted by Gasteiger charge is -2.35. The molecule has 3 aromatic carbocycles.